The summed E-state index contributed by atoms with van der Waals surface area (Å²) < 4.78 is 5.88. The molecule has 0 saturated carbocycles. The van der Waals surface area contributed by atoms with E-state index in [1.54, 1.807) is 18.2 Å². The van der Waals surface area contributed by atoms with Crippen molar-refractivity contribution in [3.05, 3.63) is 48.0 Å². The Balaban J connectivity index is 1.40. The zero-order valence-electron chi connectivity index (χ0n) is 15.2. The quantitative estimate of drug-likeness (QED) is 0.626. The highest BCUT2D eigenvalue weighted by Crippen LogP contribution is 2.24. The third-order valence-electron chi connectivity index (χ3n) is 5.04. The molecule has 1 aromatic heterocycles. The third-order valence-corrected chi connectivity index (χ3v) is 5.04. The Hall–Kier alpha value is -2.86. The molecule has 0 radical (unpaired) electrons. The average molecular weight is 364 g/mol. The molecule has 27 heavy (non-hydrogen) atoms. The Kier molecular flexibility index (Phi) is 5.07. The minimum atomic E-state index is -0.446. The lowest BCUT2D eigenvalue weighted by Crippen LogP contribution is -2.35. The lowest BCUT2D eigenvalue weighted by Gasteiger charge is -2.23. The summed E-state index contributed by atoms with van der Waals surface area (Å²) in [5.74, 6) is 1.17. The number of aromatic amines is 1. The molecule has 6 nitrogen and oxygen atoms in total. The Morgan fingerprint density at radius 1 is 1.19 bits per heavy atom. The van der Waals surface area contributed by atoms with E-state index in [-0.39, 0.29) is 0 Å². The van der Waals surface area contributed by atoms with Crippen LogP contribution in [0.3, 0.4) is 0 Å². The molecule has 0 bridgehead atoms. The fraction of sp³-hybridized carbons (Fsp3) is 0.333. The Labute approximate surface area is 158 Å². The average Bonchev–Trinajstić information content (AvgIpc) is 3.12. The molecule has 2 aromatic carbocycles. The monoisotopic (exact) mass is 364 g/mol. The van der Waals surface area contributed by atoms with E-state index in [9.17, 15) is 4.79 Å². The number of carbonyl (C=O) groups is 1. The molecule has 1 aliphatic rings. The van der Waals surface area contributed by atoms with Gasteiger partial charge in [0, 0.05) is 17.2 Å². The van der Waals surface area contributed by atoms with Gasteiger partial charge >= 0.3 is 0 Å². The first-order valence-corrected chi connectivity index (χ1v) is 9.45. The second-order valence-corrected chi connectivity index (χ2v) is 6.99. The number of ether oxygens (including phenoxy) is 1. The minimum absolute atomic E-state index is 0.446. The zero-order valence-corrected chi connectivity index (χ0v) is 15.2. The number of piperidine rings is 1. The van der Waals surface area contributed by atoms with Gasteiger partial charge in [-0.2, -0.15) is 0 Å². The summed E-state index contributed by atoms with van der Waals surface area (Å²) in [6, 6.07) is 13.7. The molecule has 2 heterocycles. The van der Waals surface area contributed by atoms with E-state index >= 15 is 0 Å². The lowest BCUT2D eigenvalue weighted by atomic mass is 10.0. The maximum atomic E-state index is 11.3. The van der Waals surface area contributed by atoms with Crippen LogP contribution in [0.4, 0.5) is 0 Å². The van der Waals surface area contributed by atoms with Gasteiger partial charge in [0.15, 0.2) is 0 Å². The molecule has 1 aliphatic heterocycles. The SMILES string of the molecule is NC(=O)c1ccc2nc(-c3ccc(OCCC4CCCCN4)cc3)[nH]c2c1. The van der Waals surface area contributed by atoms with Crippen molar-refractivity contribution in [1.82, 2.24) is 15.3 Å². The molecule has 1 atom stereocenters. The van der Waals surface area contributed by atoms with Gasteiger partial charge in [-0.25, -0.2) is 4.98 Å². The first-order chi connectivity index (χ1) is 13.2. The number of aromatic nitrogens is 2. The fourth-order valence-corrected chi connectivity index (χ4v) is 3.50. The number of rotatable bonds is 6. The fourth-order valence-electron chi connectivity index (χ4n) is 3.50. The van der Waals surface area contributed by atoms with Gasteiger partial charge in [0.2, 0.25) is 5.91 Å². The van der Waals surface area contributed by atoms with Gasteiger partial charge in [0.05, 0.1) is 17.6 Å². The van der Waals surface area contributed by atoms with Gasteiger partial charge in [0.25, 0.3) is 0 Å². The summed E-state index contributed by atoms with van der Waals surface area (Å²) in [5.41, 5.74) is 8.36. The number of amides is 1. The summed E-state index contributed by atoms with van der Waals surface area (Å²) in [4.78, 5) is 19.1. The molecule has 1 saturated heterocycles. The van der Waals surface area contributed by atoms with Crippen LogP contribution in [0.1, 0.15) is 36.0 Å². The van der Waals surface area contributed by atoms with Crippen LogP contribution in [0, 0.1) is 0 Å². The smallest absolute Gasteiger partial charge is 0.248 e. The molecular weight excluding hydrogens is 340 g/mol. The van der Waals surface area contributed by atoms with E-state index in [0.717, 1.165) is 47.7 Å². The molecule has 0 spiro atoms. The van der Waals surface area contributed by atoms with Gasteiger partial charge < -0.3 is 20.8 Å². The van der Waals surface area contributed by atoms with E-state index in [2.05, 4.69) is 15.3 Å². The number of imidazole rings is 1. The van der Waals surface area contributed by atoms with Gasteiger partial charge in [-0.3, -0.25) is 4.79 Å². The summed E-state index contributed by atoms with van der Waals surface area (Å²) in [5, 5.41) is 3.54. The molecule has 1 fully saturated rings. The van der Waals surface area contributed by atoms with Crippen LogP contribution in [0.25, 0.3) is 22.4 Å². The summed E-state index contributed by atoms with van der Waals surface area (Å²) in [7, 11) is 0. The number of nitrogens with one attached hydrogen (secondary N) is 2. The molecule has 1 amide bonds. The Bertz CT molecular complexity index is 927. The van der Waals surface area contributed by atoms with Gasteiger partial charge in [0.1, 0.15) is 11.6 Å². The van der Waals surface area contributed by atoms with Crippen LogP contribution in [0.2, 0.25) is 0 Å². The molecule has 4 N–H and O–H groups in total. The van der Waals surface area contributed by atoms with Crippen molar-refractivity contribution in [2.45, 2.75) is 31.7 Å². The van der Waals surface area contributed by atoms with Crippen LogP contribution in [0.15, 0.2) is 42.5 Å². The molecule has 140 valence electrons. The maximum absolute atomic E-state index is 11.3. The van der Waals surface area contributed by atoms with E-state index in [0.29, 0.717) is 11.6 Å². The third kappa shape index (κ3) is 4.11. The Morgan fingerprint density at radius 2 is 2.04 bits per heavy atom. The van der Waals surface area contributed by atoms with Crippen molar-refractivity contribution in [2.24, 2.45) is 5.73 Å². The number of hydrogen-bond acceptors (Lipinski definition) is 4. The van der Waals surface area contributed by atoms with Crippen molar-refractivity contribution < 1.29 is 9.53 Å². The van der Waals surface area contributed by atoms with E-state index < -0.39 is 5.91 Å². The number of primary amides is 1. The topological polar surface area (TPSA) is 93.0 Å². The number of H-pyrrole nitrogens is 1. The summed E-state index contributed by atoms with van der Waals surface area (Å²) in [6.07, 6.45) is 4.87. The highest BCUT2D eigenvalue weighted by Gasteiger charge is 2.12. The van der Waals surface area contributed by atoms with Crippen molar-refractivity contribution in [3.63, 3.8) is 0 Å². The summed E-state index contributed by atoms with van der Waals surface area (Å²) >= 11 is 0. The summed E-state index contributed by atoms with van der Waals surface area (Å²) in [6.45, 7) is 1.84. The predicted octanol–water partition coefficient (Wildman–Crippen LogP) is 3.24. The number of carbonyl (C=O) groups excluding carboxylic acids is 1. The molecule has 3 aromatic rings. The Morgan fingerprint density at radius 3 is 2.78 bits per heavy atom. The van der Waals surface area contributed by atoms with E-state index in [1.165, 1.54) is 19.3 Å². The number of nitrogens with zero attached hydrogens (tertiary/aromatic N) is 1. The minimum Gasteiger partial charge on any atom is -0.494 e. The highest BCUT2D eigenvalue weighted by molar-refractivity contribution is 5.96. The molecule has 6 heteroatoms. The van der Waals surface area contributed by atoms with Crippen molar-refractivity contribution in [2.75, 3.05) is 13.2 Å². The highest BCUT2D eigenvalue weighted by atomic mass is 16.5. The lowest BCUT2D eigenvalue weighted by molar-refractivity contribution is 0.100. The number of hydrogen-bond donors (Lipinski definition) is 3. The van der Waals surface area contributed by atoms with Gasteiger partial charge in [-0.05, 0) is 68.3 Å². The number of nitrogens with two attached hydrogens (primary N) is 1. The predicted molar refractivity (Wildman–Crippen MR) is 106 cm³/mol. The van der Waals surface area contributed by atoms with Crippen LogP contribution in [-0.2, 0) is 0 Å². The van der Waals surface area contributed by atoms with Gasteiger partial charge in [-0.1, -0.05) is 6.42 Å². The standard InChI is InChI=1S/C21H24N4O2/c22-20(26)15-6-9-18-19(13-15)25-21(24-18)14-4-7-17(8-5-14)27-12-10-16-3-1-2-11-23-16/h4-9,13,16,23H,1-3,10-12H2,(H2,22,26)(H,24,25). The van der Waals surface area contributed by atoms with Crippen LogP contribution >= 0.6 is 0 Å². The van der Waals surface area contributed by atoms with Crippen LogP contribution in [0.5, 0.6) is 5.75 Å². The van der Waals surface area contributed by atoms with E-state index in [1.807, 2.05) is 24.3 Å². The van der Waals surface area contributed by atoms with Crippen LogP contribution < -0.4 is 15.8 Å². The van der Waals surface area contributed by atoms with Crippen molar-refractivity contribution >= 4 is 16.9 Å². The van der Waals surface area contributed by atoms with Crippen molar-refractivity contribution in [1.29, 1.82) is 0 Å². The zero-order chi connectivity index (χ0) is 18.6. The second kappa shape index (κ2) is 7.80. The first kappa shape index (κ1) is 17.5. The van der Waals surface area contributed by atoms with Gasteiger partial charge in [-0.15, -0.1) is 0 Å². The van der Waals surface area contributed by atoms with Crippen molar-refractivity contribution in [3.8, 4) is 17.1 Å². The molecule has 0 aliphatic carbocycles. The number of benzene rings is 2. The normalized spacial score (nSPS) is 17.1. The molecular formula is C21H24N4O2. The van der Waals surface area contributed by atoms with Crippen LogP contribution in [-0.4, -0.2) is 35.1 Å². The second-order valence-electron chi connectivity index (χ2n) is 6.99. The molecule has 1 unspecified atom stereocenters. The van der Waals surface area contributed by atoms with E-state index in [4.69, 9.17) is 10.5 Å². The molecule has 4 rings (SSSR count). The maximum Gasteiger partial charge on any atom is 0.248 e. The largest absolute Gasteiger partial charge is 0.494 e. The number of fused-ring (bicyclic) bond motifs is 1. The first-order valence-electron chi connectivity index (χ1n) is 9.45.